The molecule has 0 aliphatic heterocycles. The first kappa shape index (κ1) is 12.9. The van der Waals surface area contributed by atoms with Gasteiger partial charge in [0.15, 0.2) is 11.5 Å². The zero-order valence-electron chi connectivity index (χ0n) is 10.8. The van der Waals surface area contributed by atoms with Gasteiger partial charge in [-0.1, -0.05) is 30.3 Å². The van der Waals surface area contributed by atoms with Crippen molar-refractivity contribution >= 4 is 28.6 Å². The lowest BCUT2D eigenvalue weighted by Gasteiger charge is -2.06. The van der Waals surface area contributed by atoms with E-state index in [0.29, 0.717) is 11.5 Å². The smallest absolute Gasteiger partial charge is 0.226 e. The van der Waals surface area contributed by atoms with Crippen LogP contribution in [0.5, 0.6) is 0 Å². The van der Waals surface area contributed by atoms with E-state index in [1.54, 1.807) is 6.33 Å². The van der Waals surface area contributed by atoms with E-state index in [1.165, 1.54) is 5.56 Å². The molecular formula is C14H14ClN5. The van der Waals surface area contributed by atoms with E-state index >= 15 is 0 Å². The van der Waals surface area contributed by atoms with E-state index < -0.39 is 0 Å². The van der Waals surface area contributed by atoms with Gasteiger partial charge in [0.25, 0.3) is 0 Å². The van der Waals surface area contributed by atoms with Crippen molar-refractivity contribution < 1.29 is 0 Å². The second-order valence-electron chi connectivity index (χ2n) is 4.46. The summed E-state index contributed by atoms with van der Waals surface area (Å²) in [6, 6.07) is 10.4. The van der Waals surface area contributed by atoms with Crippen molar-refractivity contribution in [1.29, 1.82) is 0 Å². The summed E-state index contributed by atoms with van der Waals surface area (Å²) in [4.78, 5) is 15.3. The fourth-order valence-electron chi connectivity index (χ4n) is 2.08. The average molecular weight is 288 g/mol. The third kappa shape index (κ3) is 2.88. The highest BCUT2D eigenvalue weighted by Crippen LogP contribution is 2.18. The fourth-order valence-corrected chi connectivity index (χ4v) is 2.24. The molecule has 3 rings (SSSR count). The summed E-state index contributed by atoms with van der Waals surface area (Å²) in [6.07, 6.45) is 3.63. The van der Waals surface area contributed by atoms with E-state index in [-0.39, 0.29) is 5.28 Å². The van der Waals surface area contributed by atoms with E-state index in [2.05, 4.69) is 49.5 Å². The monoisotopic (exact) mass is 287 g/mol. The van der Waals surface area contributed by atoms with Gasteiger partial charge in [0, 0.05) is 6.54 Å². The number of rotatable bonds is 5. The molecule has 5 nitrogen and oxygen atoms in total. The molecule has 3 aromatic rings. The van der Waals surface area contributed by atoms with Crippen LogP contribution in [0.25, 0.3) is 11.2 Å². The molecule has 20 heavy (non-hydrogen) atoms. The zero-order chi connectivity index (χ0) is 13.8. The molecule has 6 heteroatoms. The summed E-state index contributed by atoms with van der Waals surface area (Å²) < 4.78 is 0. The van der Waals surface area contributed by atoms with Crippen molar-refractivity contribution in [3.8, 4) is 0 Å². The van der Waals surface area contributed by atoms with Gasteiger partial charge in [-0.2, -0.15) is 9.97 Å². The first-order valence-electron chi connectivity index (χ1n) is 6.47. The molecular weight excluding hydrogens is 274 g/mol. The Labute approximate surface area is 121 Å². The second-order valence-corrected chi connectivity index (χ2v) is 4.80. The number of H-pyrrole nitrogens is 1. The Balaban J connectivity index is 1.61. The van der Waals surface area contributed by atoms with Crippen LogP contribution in [-0.2, 0) is 6.42 Å². The molecule has 2 aromatic heterocycles. The Bertz CT molecular complexity index is 695. The number of anilines is 1. The van der Waals surface area contributed by atoms with Crippen molar-refractivity contribution in [1.82, 2.24) is 19.9 Å². The van der Waals surface area contributed by atoms with Crippen LogP contribution in [0.1, 0.15) is 12.0 Å². The van der Waals surface area contributed by atoms with E-state index in [9.17, 15) is 0 Å². The average Bonchev–Trinajstić information content (AvgIpc) is 2.92. The first-order chi connectivity index (χ1) is 9.83. The maximum absolute atomic E-state index is 5.87. The molecule has 0 aliphatic carbocycles. The van der Waals surface area contributed by atoms with Crippen LogP contribution < -0.4 is 5.32 Å². The van der Waals surface area contributed by atoms with E-state index in [1.807, 2.05) is 6.07 Å². The molecule has 102 valence electrons. The minimum absolute atomic E-state index is 0.204. The number of imidazole rings is 1. The van der Waals surface area contributed by atoms with Crippen LogP contribution in [0.4, 0.5) is 5.82 Å². The van der Waals surface area contributed by atoms with E-state index in [4.69, 9.17) is 11.6 Å². The lowest BCUT2D eigenvalue weighted by molar-refractivity contribution is 0.859. The van der Waals surface area contributed by atoms with Gasteiger partial charge in [0.2, 0.25) is 5.28 Å². The number of aryl methyl sites for hydroxylation is 1. The summed E-state index contributed by atoms with van der Waals surface area (Å²) in [5.41, 5.74) is 2.70. The number of hydrogen-bond acceptors (Lipinski definition) is 4. The number of hydrogen-bond donors (Lipinski definition) is 2. The van der Waals surface area contributed by atoms with Crippen molar-refractivity contribution in [2.75, 3.05) is 11.9 Å². The predicted octanol–water partition coefficient (Wildman–Crippen LogP) is 3.05. The standard InChI is InChI=1S/C14H14ClN5/c15-14-19-12(11-13(20-14)18-9-17-11)16-8-4-7-10-5-2-1-3-6-10/h1-3,5-6,9H,4,7-8H2,(H2,16,17,18,19,20). The Hall–Kier alpha value is -2.14. The van der Waals surface area contributed by atoms with Gasteiger partial charge in [0.1, 0.15) is 5.52 Å². The molecule has 0 saturated carbocycles. The molecule has 0 spiro atoms. The third-order valence-electron chi connectivity index (χ3n) is 3.04. The van der Waals surface area contributed by atoms with Gasteiger partial charge in [-0.05, 0) is 30.0 Å². The summed E-state index contributed by atoms with van der Waals surface area (Å²) in [6.45, 7) is 0.816. The quantitative estimate of drug-likeness (QED) is 0.559. The van der Waals surface area contributed by atoms with Gasteiger partial charge in [0.05, 0.1) is 6.33 Å². The van der Waals surface area contributed by atoms with Gasteiger partial charge >= 0.3 is 0 Å². The highest BCUT2D eigenvalue weighted by atomic mass is 35.5. The molecule has 2 heterocycles. The Morgan fingerprint density at radius 3 is 2.85 bits per heavy atom. The van der Waals surface area contributed by atoms with Crippen LogP contribution in [0, 0.1) is 0 Å². The Kier molecular flexibility index (Phi) is 3.78. The Morgan fingerprint density at radius 1 is 1.15 bits per heavy atom. The fraction of sp³-hybridized carbons (Fsp3) is 0.214. The second kappa shape index (κ2) is 5.88. The van der Waals surface area contributed by atoms with Gasteiger partial charge in [-0.15, -0.1) is 0 Å². The van der Waals surface area contributed by atoms with Crippen molar-refractivity contribution in [3.63, 3.8) is 0 Å². The molecule has 0 saturated heterocycles. The SMILES string of the molecule is Clc1nc(NCCCc2ccccc2)c2[nH]cnc2n1. The number of halogens is 1. The summed E-state index contributed by atoms with van der Waals surface area (Å²) in [5, 5.41) is 3.48. The number of aromatic nitrogens is 4. The molecule has 0 atom stereocenters. The maximum atomic E-state index is 5.87. The third-order valence-corrected chi connectivity index (χ3v) is 3.20. The first-order valence-corrected chi connectivity index (χ1v) is 6.85. The van der Waals surface area contributed by atoms with Gasteiger partial charge < -0.3 is 10.3 Å². The number of aromatic amines is 1. The molecule has 2 N–H and O–H groups in total. The van der Waals surface area contributed by atoms with Crippen LogP contribution in [-0.4, -0.2) is 26.5 Å². The van der Waals surface area contributed by atoms with Crippen LogP contribution in [0.3, 0.4) is 0 Å². The molecule has 0 bridgehead atoms. The lowest BCUT2D eigenvalue weighted by Crippen LogP contribution is -2.06. The summed E-state index contributed by atoms with van der Waals surface area (Å²) in [7, 11) is 0. The molecule has 0 unspecified atom stereocenters. The molecule has 0 radical (unpaired) electrons. The maximum Gasteiger partial charge on any atom is 0.226 e. The molecule has 0 fully saturated rings. The highest BCUT2D eigenvalue weighted by Gasteiger charge is 2.07. The van der Waals surface area contributed by atoms with Crippen LogP contribution in [0.15, 0.2) is 36.7 Å². The van der Waals surface area contributed by atoms with Gasteiger partial charge in [-0.3, -0.25) is 0 Å². The summed E-state index contributed by atoms with van der Waals surface area (Å²) in [5.74, 6) is 0.700. The number of nitrogens with one attached hydrogen (secondary N) is 2. The van der Waals surface area contributed by atoms with Crippen LogP contribution >= 0.6 is 11.6 Å². The van der Waals surface area contributed by atoms with Gasteiger partial charge in [-0.25, -0.2) is 4.98 Å². The largest absolute Gasteiger partial charge is 0.368 e. The molecule has 1 aromatic carbocycles. The summed E-state index contributed by atoms with van der Waals surface area (Å²) >= 11 is 5.87. The Morgan fingerprint density at radius 2 is 2.00 bits per heavy atom. The number of benzene rings is 1. The normalized spacial score (nSPS) is 10.8. The zero-order valence-corrected chi connectivity index (χ0v) is 11.6. The topological polar surface area (TPSA) is 66.5 Å². The van der Waals surface area contributed by atoms with Crippen molar-refractivity contribution in [2.24, 2.45) is 0 Å². The number of nitrogens with zero attached hydrogens (tertiary/aromatic N) is 3. The van der Waals surface area contributed by atoms with Crippen LogP contribution in [0.2, 0.25) is 5.28 Å². The minimum Gasteiger partial charge on any atom is -0.368 e. The van der Waals surface area contributed by atoms with E-state index in [0.717, 1.165) is 24.9 Å². The minimum atomic E-state index is 0.204. The van der Waals surface area contributed by atoms with Crippen molar-refractivity contribution in [2.45, 2.75) is 12.8 Å². The molecule has 0 aliphatic rings. The lowest BCUT2D eigenvalue weighted by atomic mass is 10.1. The molecule has 0 amide bonds. The predicted molar refractivity (Wildman–Crippen MR) is 79.9 cm³/mol. The van der Waals surface area contributed by atoms with Crippen molar-refractivity contribution in [3.05, 3.63) is 47.5 Å². The number of fused-ring (bicyclic) bond motifs is 1. The highest BCUT2D eigenvalue weighted by molar-refractivity contribution is 6.28.